The Morgan fingerprint density at radius 1 is 0.733 bits per heavy atom. The fourth-order valence-corrected chi connectivity index (χ4v) is 4.23. The largest absolute Gasteiger partial charge is 0.481 e. The molecule has 0 bridgehead atoms. The van der Waals surface area contributed by atoms with Crippen LogP contribution in [0.2, 0.25) is 0 Å². The molecule has 0 saturated carbocycles. The maximum absolute atomic E-state index is 10.4. The van der Waals surface area contributed by atoms with E-state index in [2.05, 4.69) is 38.1 Å². The van der Waals surface area contributed by atoms with Crippen LogP contribution in [0, 0.1) is 5.92 Å². The van der Waals surface area contributed by atoms with E-state index in [-0.39, 0.29) is 0 Å². The van der Waals surface area contributed by atoms with Gasteiger partial charge in [-0.25, -0.2) is 0 Å². The van der Waals surface area contributed by atoms with E-state index in [1.165, 1.54) is 96.4 Å². The maximum atomic E-state index is 10.4. The van der Waals surface area contributed by atoms with Crippen LogP contribution in [0.5, 0.6) is 0 Å². The summed E-state index contributed by atoms with van der Waals surface area (Å²) in [5.74, 6) is 0.229. The van der Waals surface area contributed by atoms with Crippen LogP contribution in [-0.2, 0) is 4.79 Å². The number of unbranched alkanes of at least 4 members (excludes halogenated alkanes) is 13. The number of carboxylic acids is 1. The Labute approximate surface area is 188 Å². The number of allylic oxidation sites excluding steroid dienone is 2. The summed E-state index contributed by atoms with van der Waals surface area (Å²) >= 11 is 0. The minimum atomic E-state index is -0.670. The molecule has 0 aliphatic carbocycles. The molecule has 0 rings (SSSR count). The SMILES string of the molecule is CCCCCCCC(CCCCCCCCC=CCCCCCC(=O)O)CN(C)C. The van der Waals surface area contributed by atoms with Crippen molar-refractivity contribution in [3.05, 3.63) is 12.2 Å². The van der Waals surface area contributed by atoms with Gasteiger partial charge in [0.1, 0.15) is 0 Å². The zero-order valence-electron chi connectivity index (χ0n) is 20.7. The van der Waals surface area contributed by atoms with E-state index in [1.54, 1.807) is 0 Å². The van der Waals surface area contributed by atoms with Crippen molar-refractivity contribution in [2.45, 2.75) is 129 Å². The second-order valence-electron chi connectivity index (χ2n) is 9.49. The standard InChI is InChI=1S/C27H53NO2/c1-4-5-6-16-19-22-26(25-28(2)3)23-20-17-14-12-10-8-7-9-11-13-15-18-21-24-27(29)30/h9,11,26H,4-8,10,12-25H2,1-3H3,(H,29,30). The minimum absolute atomic E-state index is 0.319. The normalized spacial score (nSPS) is 12.8. The Morgan fingerprint density at radius 2 is 1.20 bits per heavy atom. The Bertz CT molecular complexity index is 392. The van der Waals surface area contributed by atoms with E-state index in [0.717, 1.165) is 31.6 Å². The molecule has 0 radical (unpaired) electrons. The highest BCUT2D eigenvalue weighted by molar-refractivity contribution is 5.66. The molecular formula is C27H53NO2. The minimum Gasteiger partial charge on any atom is -0.481 e. The molecular weight excluding hydrogens is 370 g/mol. The van der Waals surface area contributed by atoms with Crippen LogP contribution in [0.1, 0.15) is 129 Å². The summed E-state index contributed by atoms with van der Waals surface area (Å²) in [4.78, 5) is 12.8. The zero-order valence-corrected chi connectivity index (χ0v) is 20.7. The van der Waals surface area contributed by atoms with Crippen molar-refractivity contribution in [1.29, 1.82) is 0 Å². The summed E-state index contributed by atoms with van der Waals surface area (Å²) < 4.78 is 0. The smallest absolute Gasteiger partial charge is 0.303 e. The van der Waals surface area contributed by atoms with Crippen molar-refractivity contribution in [2.75, 3.05) is 20.6 Å². The molecule has 1 atom stereocenters. The van der Waals surface area contributed by atoms with Gasteiger partial charge in [0.25, 0.3) is 0 Å². The van der Waals surface area contributed by atoms with Crippen LogP contribution in [-0.4, -0.2) is 36.6 Å². The molecule has 0 amide bonds. The van der Waals surface area contributed by atoms with Gasteiger partial charge in [-0.1, -0.05) is 89.7 Å². The summed E-state index contributed by atoms with van der Waals surface area (Å²) in [5.41, 5.74) is 0. The van der Waals surface area contributed by atoms with E-state index in [1.807, 2.05) is 0 Å². The van der Waals surface area contributed by atoms with Crippen LogP contribution in [0.25, 0.3) is 0 Å². The molecule has 1 unspecified atom stereocenters. The molecule has 0 spiro atoms. The third-order valence-electron chi connectivity index (χ3n) is 6.00. The quantitative estimate of drug-likeness (QED) is 0.133. The van der Waals surface area contributed by atoms with Gasteiger partial charge in [0, 0.05) is 13.0 Å². The Hall–Kier alpha value is -0.830. The fraction of sp³-hybridized carbons (Fsp3) is 0.889. The predicted molar refractivity (Wildman–Crippen MR) is 132 cm³/mol. The van der Waals surface area contributed by atoms with E-state index in [0.29, 0.717) is 6.42 Å². The van der Waals surface area contributed by atoms with Gasteiger partial charge in [0.2, 0.25) is 0 Å². The van der Waals surface area contributed by atoms with Crippen molar-refractivity contribution in [1.82, 2.24) is 4.90 Å². The number of carboxylic acid groups (broad SMARTS) is 1. The molecule has 3 heteroatoms. The van der Waals surface area contributed by atoms with Gasteiger partial charge in [-0.05, 0) is 65.0 Å². The van der Waals surface area contributed by atoms with Crippen LogP contribution in [0.3, 0.4) is 0 Å². The van der Waals surface area contributed by atoms with Crippen molar-refractivity contribution in [2.24, 2.45) is 5.92 Å². The van der Waals surface area contributed by atoms with Gasteiger partial charge in [-0.3, -0.25) is 4.79 Å². The highest BCUT2D eigenvalue weighted by atomic mass is 16.4. The van der Waals surface area contributed by atoms with Crippen LogP contribution < -0.4 is 0 Å². The molecule has 0 aromatic rings. The first kappa shape index (κ1) is 29.2. The Morgan fingerprint density at radius 3 is 1.70 bits per heavy atom. The lowest BCUT2D eigenvalue weighted by molar-refractivity contribution is -0.137. The lowest BCUT2D eigenvalue weighted by Crippen LogP contribution is -2.21. The van der Waals surface area contributed by atoms with Gasteiger partial charge < -0.3 is 10.0 Å². The van der Waals surface area contributed by atoms with Crippen molar-refractivity contribution in [3.63, 3.8) is 0 Å². The van der Waals surface area contributed by atoms with E-state index < -0.39 is 5.97 Å². The highest BCUT2D eigenvalue weighted by Crippen LogP contribution is 2.20. The van der Waals surface area contributed by atoms with Gasteiger partial charge in [0.05, 0.1) is 0 Å². The van der Waals surface area contributed by atoms with E-state index in [4.69, 9.17) is 5.11 Å². The first-order valence-electron chi connectivity index (χ1n) is 13.1. The molecule has 0 aromatic heterocycles. The van der Waals surface area contributed by atoms with Gasteiger partial charge in [-0.2, -0.15) is 0 Å². The van der Waals surface area contributed by atoms with E-state index in [9.17, 15) is 4.79 Å². The first-order valence-corrected chi connectivity index (χ1v) is 13.1. The second kappa shape index (κ2) is 22.8. The number of nitrogens with zero attached hydrogens (tertiary/aromatic N) is 1. The molecule has 0 aliphatic heterocycles. The third kappa shape index (κ3) is 23.4. The van der Waals surface area contributed by atoms with Gasteiger partial charge in [-0.15, -0.1) is 0 Å². The highest BCUT2D eigenvalue weighted by Gasteiger charge is 2.09. The first-order chi connectivity index (χ1) is 14.6. The molecule has 0 heterocycles. The summed E-state index contributed by atoms with van der Waals surface area (Å²) in [6.07, 6.45) is 28.4. The number of hydrogen-bond donors (Lipinski definition) is 1. The lowest BCUT2D eigenvalue weighted by atomic mass is 9.93. The average Bonchev–Trinajstić information content (AvgIpc) is 2.69. The molecule has 1 N–H and O–H groups in total. The molecule has 30 heavy (non-hydrogen) atoms. The summed E-state index contributed by atoms with van der Waals surface area (Å²) in [7, 11) is 4.44. The number of aliphatic carboxylic acids is 1. The summed E-state index contributed by atoms with van der Waals surface area (Å²) in [5, 5.41) is 8.60. The van der Waals surface area contributed by atoms with E-state index >= 15 is 0 Å². The average molecular weight is 424 g/mol. The Kier molecular flexibility index (Phi) is 22.2. The van der Waals surface area contributed by atoms with Crippen LogP contribution in [0.15, 0.2) is 12.2 Å². The Balaban J connectivity index is 3.51. The molecule has 0 fully saturated rings. The van der Waals surface area contributed by atoms with Gasteiger partial charge >= 0.3 is 5.97 Å². The summed E-state index contributed by atoms with van der Waals surface area (Å²) in [6.45, 7) is 3.56. The third-order valence-corrected chi connectivity index (χ3v) is 6.00. The molecule has 0 aliphatic rings. The topological polar surface area (TPSA) is 40.5 Å². The van der Waals surface area contributed by atoms with Crippen molar-refractivity contribution in [3.8, 4) is 0 Å². The van der Waals surface area contributed by atoms with Gasteiger partial charge in [0.15, 0.2) is 0 Å². The lowest BCUT2D eigenvalue weighted by Gasteiger charge is -2.21. The monoisotopic (exact) mass is 423 g/mol. The zero-order chi connectivity index (χ0) is 22.3. The van der Waals surface area contributed by atoms with Crippen LogP contribution in [0.4, 0.5) is 0 Å². The van der Waals surface area contributed by atoms with Crippen LogP contribution >= 0.6 is 0 Å². The number of rotatable bonds is 23. The number of carbonyl (C=O) groups is 1. The van der Waals surface area contributed by atoms with Crippen molar-refractivity contribution >= 4 is 5.97 Å². The molecule has 0 saturated heterocycles. The fourth-order valence-electron chi connectivity index (χ4n) is 4.23. The maximum Gasteiger partial charge on any atom is 0.303 e. The second-order valence-corrected chi connectivity index (χ2v) is 9.49. The van der Waals surface area contributed by atoms with Crippen molar-refractivity contribution < 1.29 is 9.90 Å². The summed E-state index contributed by atoms with van der Waals surface area (Å²) in [6, 6.07) is 0. The molecule has 0 aromatic carbocycles. The molecule has 178 valence electrons. The predicted octanol–water partition coefficient (Wildman–Crippen LogP) is 8.24. The number of hydrogen-bond acceptors (Lipinski definition) is 2. The molecule has 3 nitrogen and oxygen atoms in total.